The van der Waals surface area contributed by atoms with Gasteiger partial charge in [0.2, 0.25) is 0 Å². The number of para-hydroxylation sites is 1. The van der Waals surface area contributed by atoms with Crippen molar-refractivity contribution < 1.29 is 18.4 Å². The van der Waals surface area contributed by atoms with Gasteiger partial charge in [-0.3, -0.25) is 9.59 Å². The van der Waals surface area contributed by atoms with Crippen molar-refractivity contribution in [1.29, 1.82) is 0 Å². The summed E-state index contributed by atoms with van der Waals surface area (Å²) in [5.74, 6) is -2.58. The Bertz CT molecular complexity index is 1050. The van der Waals surface area contributed by atoms with Crippen LogP contribution in [-0.4, -0.2) is 11.8 Å². The van der Waals surface area contributed by atoms with E-state index in [-0.39, 0.29) is 17.0 Å². The van der Waals surface area contributed by atoms with Gasteiger partial charge in [0.05, 0.1) is 11.1 Å². The number of anilines is 2. The molecule has 0 saturated heterocycles. The van der Waals surface area contributed by atoms with Gasteiger partial charge in [0.25, 0.3) is 11.8 Å². The third kappa shape index (κ3) is 4.66. The van der Waals surface area contributed by atoms with Gasteiger partial charge in [-0.2, -0.15) is 0 Å². The summed E-state index contributed by atoms with van der Waals surface area (Å²) < 4.78 is 27.9. The van der Waals surface area contributed by atoms with Gasteiger partial charge < -0.3 is 10.6 Å². The molecule has 0 heterocycles. The van der Waals surface area contributed by atoms with Gasteiger partial charge in [0, 0.05) is 11.4 Å². The molecule has 3 aromatic carbocycles. The molecule has 0 atom stereocenters. The highest BCUT2D eigenvalue weighted by Gasteiger charge is 2.20. The van der Waals surface area contributed by atoms with Crippen molar-refractivity contribution in [3.8, 4) is 0 Å². The van der Waals surface area contributed by atoms with E-state index in [9.17, 15) is 18.4 Å². The molecule has 0 fully saturated rings. The van der Waals surface area contributed by atoms with E-state index in [4.69, 9.17) is 0 Å². The van der Waals surface area contributed by atoms with E-state index in [2.05, 4.69) is 10.6 Å². The average Bonchev–Trinajstić information content (AvgIpc) is 2.70. The van der Waals surface area contributed by atoms with Crippen LogP contribution < -0.4 is 10.6 Å². The average molecular weight is 394 g/mol. The third-order valence-electron chi connectivity index (χ3n) is 4.42. The number of amides is 2. The van der Waals surface area contributed by atoms with Crippen LogP contribution in [0.3, 0.4) is 0 Å². The summed E-state index contributed by atoms with van der Waals surface area (Å²) in [6.07, 6.45) is 0. The van der Waals surface area contributed by atoms with Crippen molar-refractivity contribution in [2.24, 2.45) is 0 Å². The maximum atomic E-state index is 14.9. The molecule has 4 nitrogen and oxygen atoms in total. The molecule has 0 spiro atoms. The lowest BCUT2D eigenvalue weighted by molar-refractivity contribution is 0.102. The zero-order valence-electron chi connectivity index (χ0n) is 16.0. The lowest BCUT2D eigenvalue weighted by Gasteiger charge is -2.14. The van der Waals surface area contributed by atoms with Gasteiger partial charge in [-0.25, -0.2) is 8.78 Å². The predicted octanol–water partition coefficient (Wildman–Crippen LogP) is 5.59. The minimum atomic E-state index is -0.924. The molecule has 3 aromatic rings. The molecule has 6 heteroatoms. The Kier molecular flexibility index (Phi) is 6.02. The molecular formula is C23H20F2N2O2. The Hall–Kier alpha value is -3.54. The molecular weight excluding hydrogens is 374 g/mol. The van der Waals surface area contributed by atoms with Crippen LogP contribution in [-0.2, 0) is 0 Å². The maximum Gasteiger partial charge on any atom is 0.258 e. The minimum Gasteiger partial charge on any atom is -0.322 e. The fraction of sp³-hybridized carbons (Fsp3) is 0.130. The summed E-state index contributed by atoms with van der Waals surface area (Å²) in [5.41, 5.74) is 1.31. The van der Waals surface area contributed by atoms with Crippen LogP contribution in [0.2, 0.25) is 0 Å². The van der Waals surface area contributed by atoms with Gasteiger partial charge in [-0.05, 0) is 53.9 Å². The van der Waals surface area contributed by atoms with Gasteiger partial charge in [-0.15, -0.1) is 0 Å². The molecule has 0 bridgehead atoms. The molecule has 3 rings (SSSR count). The van der Waals surface area contributed by atoms with Gasteiger partial charge in [0.15, 0.2) is 0 Å². The van der Waals surface area contributed by atoms with Crippen LogP contribution in [0.1, 0.15) is 46.0 Å². The first-order chi connectivity index (χ1) is 13.9. The molecule has 0 aromatic heterocycles. The minimum absolute atomic E-state index is 0.171. The molecule has 29 heavy (non-hydrogen) atoms. The highest BCUT2D eigenvalue weighted by molar-refractivity contribution is 6.09. The van der Waals surface area contributed by atoms with E-state index < -0.39 is 23.4 Å². The second-order valence-electron chi connectivity index (χ2n) is 6.82. The monoisotopic (exact) mass is 394 g/mol. The van der Waals surface area contributed by atoms with Crippen molar-refractivity contribution in [1.82, 2.24) is 0 Å². The second kappa shape index (κ2) is 8.65. The summed E-state index contributed by atoms with van der Waals surface area (Å²) in [6.45, 7) is 3.98. The van der Waals surface area contributed by atoms with Gasteiger partial charge in [0.1, 0.15) is 11.6 Å². The van der Waals surface area contributed by atoms with Crippen LogP contribution in [0.4, 0.5) is 20.2 Å². The highest BCUT2D eigenvalue weighted by Crippen LogP contribution is 2.25. The standard InChI is InChI=1S/C23H20F2N2O2/c1-14(2)17-6-3-4-9-20(17)27-23(29)19-8-5-7-18(21(19)25)22(28)26-16-12-10-15(24)11-13-16/h3-14H,1-2H3,(H,26,28)(H,27,29). The molecule has 2 N–H and O–H groups in total. The third-order valence-corrected chi connectivity index (χ3v) is 4.42. The number of benzene rings is 3. The van der Waals surface area contributed by atoms with E-state index >= 15 is 0 Å². The van der Waals surface area contributed by atoms with E-state index in [1.807, 2.05) is 26.0 Å². The number of rotatable bonds is 5. The van der Waals surface area contributed by atoms with Crippen molar-refractivity contribution in [3.05, 3.63) is 95.1 Å². The molecule has 0 aliphatic heterocycles. The topological polar surface area (TPSA) is 58.2 Å². The Morgan fingerprint density at radius 1 is 0.759 bits per heavy atom. The molecule has 0 aliphatic carbocycles. The molecule has 0 unspecified atom stereocenters. The zero-order valence-corrected chi connectivity index (χ0v) is 16.0. The lowest BCUT2D eigenvalue weighted by atomic mass is 10.0. The number of carbonyl (C=O) groups excluding carboxylic acids is 2. The summed E-state index contributed by atoms with van der Waals surface area (Å²) in [4.78, 5) is 25.1. The summed E-state index contributed by atoms with van der Waals surface area (Å²) >= 11 is 0. The second-order valence-corrected chi connectivity index (χ2v) is 6.82. The first-order valence-corrected chi connectivity index (χ1v) is 9.12. The van der Waals surface area contributed by atoms with Crippen LogP contribution >= 0.6 is 0 Å². The first-order valence-electron chi connectivity index (χ1n) is 9.12. The highest BCUT2D eigenvalue weighted by atomic mass is 19.1. The summed E-state index contributed by atoms with van der Waals surface area (Å²) in [7, 11) is 0. The number of hydrogen-bond acceptors (Lipinski definition) is 2. The fourth-order valence-corrected chi connectivity index (χ4v) is 2.92. The number of hydrogen-bond donors (Lipinski definition) is 2. The van der Waals surface area contributed by atoms with Crippen molar-refractivity contribution in [2.45, 2.75) is 19.8 Å². The first kappa shape index (κ1) is 20.2. The Morgan fingerprint density at radius 3 is 1.97 bits per heavy atom. The Morgan fingerprint density at radius 2 is 1.34 bits per heavy atom. The molecule has 2 amide bonds. The van der Waals surface area contributed by atoms with E-state index in [0.29, 0.717) is 11.4 Å². The van der Waals surface area contributed by atoms with Crippen molar-refractivity contribution >= 4 is 23.2 Å². The van der Waals surface area contributed by atoms with Crippen LogP contribution in [0.5, 0.6) is 0 Å². The number of halogens is 2. The van der Waals surface area contributed by atoms with Crippen molar-refractivity contribution in [3.63, 3.8) is 0 Å². The quantitative estimate of drug-likeness (QED) is 0.592. The van der Waals surface area contributed by atoms with Crippen LogP contribution in [0.25, 0.3) is 0 Å². The summed E-state index contributed by atoms with van der Waals surface area (Å²) in [5, 5.41) is 5.21. The SMILES string of the molecule is CC(C)c1ccccc1NC(=O)c1cccc(C(=O)Nc2ccc(F)cc2)c1F. The number of nitrogens with one attached hydrogen (secondary N) is 2. The van der Waals surface area contributed by atoms with Crippen molar-refractivity contribution in [2.75, 3.05) is 10.6 Å². The van der Waals surface area contributed by atoms with E-state index in [0.717, 1.165) is 5.56 Å². The fourth-order valence-electron chi connectivity index (χ4n) is 2.92. The van der Waals surface area contributed by atoms with Gasteiger partial charge in [-0.1, -0.05) is 38.1 Å². The smallest absolute Gasteiger partial charge is 0.258 e. The maximum absolute atomic E-state index is 14.9. The lowest BCUT2D eigenvalue weighted by Crippen LogP contribution is -2.19. The molecule has 0 aliphatic rings. The van der Waals surface area contributed by atoms with Gasteiger partial charge >= 0.3 is 0 Å². The molecule has 148 valence electrons. The summed E-state index contributed by atoms with van der Waals surface area (Å²) in [6, 6.07) is 16.4. The number of carbonyl (C=O) groups is 2. The normalized spacial score (nSPS) is 10.7. The Labute approximate surface area is 167 Å². The Balaban J connectivity index is 1.83. The predicted molar refractivity (Wildman–Crippen MR) is 109 cm³/mol. The van der Waals surface area contributed by atoms with Crippen LogP contribution in [0.15, 0.2) is 66.7 Å². The largest absolute Gasteiger partial charge is 0.322 e. The van der Waals surface area contributed by atoms with E-state index in [1.54, 1.807) is 12.1 Å². The molecule has 0 radical (unpaired) electrons. The molecule has 0 saturated carbocycles. The van der Waals surface area contributed by atoms with Crippen LogP contribution in [0, 0.1) is 11.6 Å². The zero-order chi connectivity index (χ0) is 21.0. The van der Waals surface area contributed by atoms with E-state index in [1.165, 1.54) is 42.5 Å².